The molecular weight excluding hydrogens is 359 g/mol. The highest BCUT2D eigenvalue weighted by molar-refractivity contribution is 7.99. The van der Waals surface area contributed by atoms with E-state index in [1.807, 2.05) is 12.1 Å². The van der Waals surface area contributed by atoms with E-state index in [0.29, 0.717) is 12.2 Å². The van der Waals surface area contributed by atoms with Crippen LogP contribution in [0.4, 0.5) is 13.2 Å². The molecule has 0 fully saturated rings. The molecule has 1 heterocycles. The summed E-state index contributed by atoms with van der Waals surface area (Å²) in [5.74, 6) is 0.700. The summed E-state index contributed by atoms with van der Waals surface area (Å²) in [5, 5.41) is 0. The highest BCUT2D eigenvalue weighted by Crippen LogP contribution is 2.38. The number of halogens is 3. The summed E-state index contributed by atoms with van der Waals surface area (Å²) in [6.07, 6.45) is -4.21. The van der Waals surface area contributed by atoms with Crippen LogP contribution < -0.4 is 4.72 Å². The van der Waals surface area contributed by atoms with Gasteiger partial charge in [-0.3, -0.25) is 0 Å². The normalized spacial score (nSPS) is 18.2. The van der Waals surface area contributed by atoms with Crippen LogP contribution in [-0.4, -0.2) is 14.2 Å². The highest BCUT2D eigenvalue weighted by atomic mass is 32.2. The smallest absolute Gasteiger partial charge is 0.207 e. The molecule has 1 aliphatic rings. The van der Waals surface area contributed by atoms with Crippen molar-refractivity contribution < 1.29 is 21.6 Å². The van der Waals surface area contributed by atoms with Gasteiger partial charge in [-0.15, -0.1) is 11.8 Å². The molecule has 0 spiro atoms. The number of fused-ring (bicyclic) bond motifs is 1. The van der Waals surface area contributed by atoms with E-state index in [2.05, 4.69) is 4.72 Å². The van der Waals surface area contributed by atoms with E-state index in [4.69, 9.17) is 0 Å². The monoisotopic (exact) mass is 373 g/mol. The lowest BCUT2D eigenvalue weighted by Gasteiger charge is -2.26. The fraction of sp³-hybridized carbons (Fsp3) is 0.250. The third kappa shape index (κ3) is 3.45. The molecule has 2 aromatic carbocycles. The van der Waals surface area contributed by atoms with E-state index < -0.39 is 32.7 Å². The zero-order valence-electron chi connectivity index (χ0n) is 12.4. The van der Waals surface area contributed by atoms with Gasteiger partial charge in [-0.1, -0.05) is 30.3 Å². The first-order valence-electron chi connectivity index (χ1n) is 7.19. The molecule has 0 radical (unpaired) electrons. The van der Waals surface area contributed by atoms with Crippen LogP contribution in [0, 0.1) is 0 Å². The molecule has 24 heavy (non-hydrogen) atoms. The highest BCUT2D eigenvalue weighted by Gasteiger charge is 2.37. The van der Waals surface area contributed by atoms with Crippen LogP contribution >= 0.6 is 11.8 Å². The second kappa shape index (κ2) is 6.42. The molecule has 0 aromatic heterocycles. The maximum atomic E-state index is 13.1. The van der Waals surface area contributed by atoms with Gasteiger partial charge in [0.25, 0.3) is 0 Å². The van der Waals surface area contributed by atoms with Crippen molar-refractivity contribution in [3.05, 3.63) is 59.7 Å². The van der Waals surface area contributed by atoms with Crippen LogP contribution in [0.5, 0.6) is 0 Å². The van der Waals surface area contributed by atoms with Crippen molar-refractivity contribution >= 4 is 21.8 Å². The Morgan fingerprint density at radius 3 is 2.46 bits per heavy atom. The fourth-order valence-corrected chi connectivity index (χ4v) is 5.25. The first-order valence-corrected chi connectivity index (χ1v) is 9.66. The maximum Gasteiger partial charge on any atom is 0.417 e. The summed E-state index contributed by atoms with van der Waals surface area (Å²) in [4.78, 5) is 0.203. The second-order valence-corrected chi connectivity index (χ2v) is 8.16. The van der Waals surface area contributed by atoms with Gasteiger partial charge in [0.05, 0.1) is 10.5 Å². The molecule has 8 heteroatoms. The minimum atomic E-state index is -4.73. The summed E-state index contributed by atoms with van der Waals surface area (Å²) in [5.41, 5.74) is -0.363. The van der Waals surface area contributed by atoms with Gasteiger partial charge in [0, 0.05) is 10.9 Å². The molecule has 3 nitrogen and oxygen atoms in total. The van der Waals surface area contributed by atoms with Crippen LogP contribution in [0.15, 0.2) is 58.3 Å². The number of sulfonamides is 1. The molecule has 3 rings (SSSR count). The Balaban J connectivity index is 1.97. The van der Waals surface area contributed by atoms with E-state index in [-0.39, 0.29) is 0 Å². The van der Waals surface area contributed by atoms with Crippen molar-refractivity contribution in [3.63, 3.8) is 0 Å². The molecule has 0 bridgehead atoms. The fourth-order valence-electron chi connectivity index (χ4n) is 2.65. The van der Waals surface area contributed by atoms with Gasteiger partial charge in [-0.2, -0.15) is 13.2 Å². The number of rotatable bonds is 3. The van der Waals surface area contributed by atoms with Gasteiger partial charge < -0.3 is 0 Å². The molecule has 1 atom stereocenters. The second-order valence-electron chi connectivity index (χ2n) is 5.34. The number of hydrogen-bond acceptors (Lipinski definition) is 3. The van der Waals surface area contributed by atoms with Crippen LogP contribution in [0.25, 0.3) is 0 Å². The van der Waals surface area contributed by atoms with Gasteiger partial charge in [-0.05, 0) is 35.9 Å². The minimum Gasteiger partial charge on any atom is -0.207 e. The molecule has 0 aliphatic carbocycles. The first kappa shape index (κ1) is 17.3. The average Bonchev–Trinajstić information content (AvgIpc) is 2.54. The third-order valence-electron chi connectivity index (χ3n) is 3.74. The molecule has 1 aliphatic heterocycles. The molecule has 1 N–H and O–H groups in total. The largest absolute Gasteiger partial charge is 0.417 e. The van der Waals surface area contributed by atoms with Crippen molar-refractivity contribution in [3.8, 4) is 0 Å². The predicted molar refractivity (Wildman–Crippen MR) is 86.3 cm³/mol. The summed E-state index contributed by atoms with van der Waals surface area (Å²) in [7, 11) is -4.30. The quantitative estimate of drug-likeness (QED) is 0.876. The Labute approximate surface area is 142 Å². The maximum absolute atomic E-state index is 13.1. The molecule has 0 amide bonds. The Hall–Kier alpha value is -1.51. The molecule has 0 saturated carbocycles. The van der Waals surface area contributed by atoms with Gasteiger partial charge in [0.1, 0.15) is 0 Å². The lowest BCUT2D eigenvalue weighted by Crippen LogP contribution is -2.32. The zero-order chi connectivity index (χ0) is 17.4. The topological polar surface area (TPSA) is 46.2 Å². The molecule has 0 saturated heterocycles. The first-order chi connectivity index (χ1) is 11.3. The molecular formula is C16H14F3NO2S2. The number of hydrogen-bond donors (Lipinski definition) is 1. The van der Waals surface area contributed by atoms with Crippen LogP contribution in [-0.2, 0) is 16.2 Å². The van der Waals surface area contributed by atoms with Gasteiger partial charge in [0.15, 0.2) is 0 Å². The molecule has 128 valence electrons. The van der Waals surface area contributed by atoms with Gasteiger partial charge >= 0.3 is 6.18 Å². The van der Waals surface area contributed by atoms with Crippen LogP contribution in [0.1, 0.15) is 23.6 Å². The van der Waals surface area contributed by atoms with Crippen LogP contribution in [0.2, 0.25) is 0 Å². The summed E-state index contributed by atoms with van der Waals surface area (Å²) in [6, 6.07) is 11.0. The van der Waals surface area contributed by atoms with Crippen molar-refractivity contribution in [2.24, 2.45) is 0 Å². The van der Waals surface area contributed by atoms with Crippen LogP contribution in [0.3, 0.4) is 0 Å². The van der Waals surface area contributed by atoms with Gasteiger partial charge in [0.2, 0.25) is 10.0 Å². The lowest BCUT2D eigenvalue weighted by molar-refractivity contribution is -0.139. The lowest BCUT2D eigenvalue weighted by atomic mass is 10.1. The van der Waals surface area contributed by atoms with Gasteiger partial charge in [-0.25, -0.2) is 13.1 Å². The Bertz CT molecular complexity index is 850. The van der Waals surface area contributed by atoms with E-state index in [1.165, 1.54) is 12.1 Å². The zero-order valence-corrected chi connectivity index (χ0v) is 14.0. The molecule has 0 unspecified atom stereocenters. The van der Waals surface area contributed by atoms with Crippen molar-refractivity contribution in [2.75, 3.05) is 5.75 Å². The number of benzene rings is 2. The Morgan fingerprint density at radius 1 is 1.04 bits per heavy atom. The van der Waals surface area contributed by atoms with Crippen molar-refractivity contribution in [1.29, 1.82) is 0 Å². The summed E-state index contributed by atoms with van der Waals surface area (Å²) < 4.78 is 66.9. The Morgan fingerprint density at radius 2 is 1.71 bits per heavy atom. The summed E-state index contributed by atoms with van der Waals surface area (Å²) >= 11 is 1.61. The number of nitrogens with one attached hydrogen (secondary N) is 1. The third-order valence-corrected chi connectivity index (χ3v) is 6.39. The van der Waals surface area contributed by atoms with E-state index >= 15 is 0 Å². The Kier molecular flexibility index (Phi) is 4.63. The van der Waals surface area contributed by atoms with E-state index in [1.54, 1.807) is 23.9 Å². The van der Waals surface area contributed by atoms with E-state index in [0.717, 1.165) is 22.6 Å². The average molecular weight is 373 g/mol. The molecule has 2 aromatic rings. The minimum absolute atomic E-state index is 0.523. The standard InChI is InChI=1S/C16H14F3NO2S2/c17-16(18,19)12-6-2-4-8-15(12)24(21,22)20-13-9-10-23-14-7-3-1-5-11(13)14/h1-8,13,20H,9-10H2/t13-/m0/s1. The van der Waals surface area contributed by atoms with Crippen molar-refractivity contribution in [2.45, 2.75) is 28.4 Å². The van der Waals surface area contributed by atoms with E-state index in [9.17, 15) is 21.6 Å². The van der Waals surface area contributed by atoms with Crippen molar-refractivity contribution in [1.82, 2.24) is 4.72 Å². The number of alkyl halides is 3. The summed E-state index contributed by atoms with van der Waals surface area (Å²) in [6.45, 7) is 0. The SMILES string of the molecule is O=S(=O)(N[C@H]1CCSc2ccccc21)c1ccccc1C(F)(F)F. The predicted octanol–water partition coefficient (Wildman–Crippen LogP) is 4.22. The number of thioether (sulfide) groups is 1.